The summed E-state index contributed by atoms with van der Waals surface area (Å²) >= 11 is 1.22. The van der Waals surface area contributed by atoms with Crippen molar-refractivity contribution in [2.75, 3.05) is 11.1 Å². The van der Waals surface area contributed by atoms with Gasteiger partial charge >= 0.3 is 0 Å². The summed E-state index contributed by atoms with van der Waals surface area (Å²) in [5.74, 6) is 1.09. The number of hydrogen-bond donors (Lipinski definition) is 1. The Morgan fingerprint density at radius 2 is 1.77 bits per heavy atom. The van der Waals surface area contributed by atoms with Crippen LogP contribution in [0.4, 0.5) is 11.4 Å². The third kappa shape index (κ3) is 5.85. The average molecular weight is 490 g/mol. The van der Waals surface area contributed by atoms with Gasteiger partial charge in [-0.05, 0) is 43.7 Å². The summed E-state index contributed by atoms with van der Waals surface area (Å²) in [6.45, 7) is 3.82. The number of aromatic nitrogens is 3. The largest absolute Gasteiger partial charge is 0.485 e. The molecule has 1 amide bonds. The lowest BCUT2D eigenvalue weighted by Crippen LogP contribution is -2.15. The number of carbonyl (C=O) groups excluding carboxylic acids is 1. The first-order valence-electron chi connectivity index (χ1n) is 10.8. The van der Waals surface area contributed by atoms with Crippen molar-refractivity contribution in [3.8, 4) is 11.4 Å². The van der Waals surface area contributed by atoms with Crippen molar-refractivity contribution in [1.82, 2.24) is 14.8 Å². The minimum atomic E-state index is -0.470. The van der Waals surface area contributed by atoms with E-state index in [2.05, 4.69) is 15.5 Å². The second-order valence-corrected chi connectivity index (χ2v) is 8.66. The van der Waals surface area contributed by atoms with Crippen molar-refractivity contribution in [3.63, 3.8) is 0 Å². The minimum Gasteiger partial charge on any atom is -0.485 e. The summed E-state index contributed by atoms with van der Waals surface area (Å²) in [6.07, 6.45) is 0. The Kier molecular flexibility index (Phi) is 7.41. The first-order chi connectivity index (χ1) is 16.9. The second kappa shape index (κ2) is 10.8. The van der Waals surface area contributed by atoms with Gasteiger partial charge in [-0.3, -0.25) is 19.5 Å². The molecule has 0 aliphatic heterocycles. The molecular formula is C25H23N5O4S. The third-order valence-electron chi connectivity index (χ3n) is 5.19. The van der Waals surface area contributed by atoms with Crippen LogP contribution in [0.3, 0.4) is 0 Å². The van der Waals surface area contributed by atoms with E-state index in [4.69, 9.17) is 4.74 Å². The molecule has 4 rings (SSSR count). The van der Waals surface area contributed by atoms with Crippen LogP contribution in [0.2, 0.25) is 0 Å². The van der Waals surface area contributed by atoms with Crippen LogP contribution in [-0.2, 0) is 11.4 Å². The maximum Gasteiger partial charge on any atom is 0.274 e. The fraction of sp³-hybridized carbons (Fsp3) is 0.160. The molecule has 35 heavy (non-hydrogen) atoms. The second-order valence-electron chi connectivity index (χ2n) is 7.72. The summed E-state index contributed by atoms with van der Waals surface area (Å²) < 4.78 is 7.83. The molecule has 10 heteroatoms. The molecule has 0 bridgehead atoms. The van der Waals surface area contributed by atoms with Crippen LogP contribution in [-0.4, -0.2) is 31.3 Å². The first-order valence-corrected chi connectivity index (χ1v) is 11.8. The number of ether oxygens (including phenoxy) is 1. The molecule has 0 aliphatic rings. The zero-order chi connectivity index (χ0) is 24.8. The van der Waals surface area contributed by atoms with Crippen molar-refractivity contribution in [1.29, 1.82) is 0 Å². The zero-order valence-electron chi connectivity index (χ0n) is 19.2. The molecule has 0 saturated heterocycles. The number of nitrogens with zero attached hydrogens (tertiary/aromatic N) is 4. The topological polar surface area (TPSA) is 112 Å². The quantitative estimate of drug-likeness (QED) is 0.198. The van der Waals surface area contributed by atoms with Crippen molar-refractivity contribution in [3.05, 3.63) is 99.9 Å². The first kappa shape index (κ1) is 24.0. The van der Waals surface area contributed by atoms with Gasteiger partial charge in [-0.15, -0.1) is 10.2 Å². The fourth-order valence-electron chi connectivity index (χ4n) is 3.40. The summed E-state index contributed by atoms with van der Waals surface area (Å²) in [7, 11) is 0. The van der Waals surface area contributed by atoms with Crippen LogP contribution < -0.4 is 10.1 Å². The van der Waals surface area contributed by atoms with E-state index < -0.39 is 4.92 Å². The Balaban J connectivity index is 1.49. The average Bonchev–Trinajstić information content (AvgIpc) is 3.26. The summed E-state index contributed by atoms with van der Waals surface area (Å²) in [6, 6.07) is 21.9. The van der Waals surface area contributed by atoms with E-state index in [1.165, 1.54) is 17.8 Å². The van der Waals surface area contributed by atoms with Crippen molar-refractivity contribution in [2.45, 2.75) is 25.6 Å². The van der Waals surface area contributed by atoms with E-state index in [1.807, 2.05) is 66.1 Å². The molecule has 1 N–H and O–H groups in total. The van der Waals surface area contributed by atoms with E-state index >= 15 is 0 Å². The molecule has 1 heterocycles. The van der Waals surface area contributed by atoms with Crippen LogP contribution in [0.5, 0.6) is 5.75 Å². The van der Waals surface area contributed by atoms with Crippen LogP contribution >= 0.6 is 11.8 Å². The van der Waals surface area contributed by atoms with Gasteiger partial charge in [0.15, 0.2) is 11.0 Å². The van der Waals surface area contributed by atoms with E-state index in [9.17, 15) is 14.9 Å². The van der Waals surface area contributed by atoms with Crippen LogP contribution in [0.15, 0.2) is 78.0 Å². The van der Waals surface area contributed by atoms with Gasteiger partial charge in [0, 0.05) is 23.0 Å². The van der Waals surface area contributed by atoms with Gasteiger partial charge in [-0.2, -0.15) is 0 Å². The van der Waals surface area contributed by atoms with Gasteiger partial charge in [0.2, 0.25) is 5.91 Å². The van der Waals surface area contributed by atoms with Crippen LogP contribution in [0.25, 0.3) is 5.69 Å². The number of nitro groups is 1. The fourth-order valence-corrected chi connectivity index (χ4v) is 4.17. The van der Waals surface area contributed by atoms with Gasteiger partial charge in [-0.25, -0.2) is 0 Å². The highest BCUT2D eigenvalue weighted by atomic mass is 32.2. The number of carbonyl (C=O) groups is 1. The lowest BCUT2D eigenvalue weighted by atomic mass is 10.2. The predicted octanol–water partition coefficient (Wildman–Crippen LogP) is 5.10. The van der Waals surface area contributed by atoms with Gasteiger partial charge in [-0.1, -0.05) is 54.2 Å². The molecule has 0 aliphatic carbocycles. The lowest BCUT2D eigenvalue weighted by Gasteiger charge is -2.12. The highest BCUT2D eigenvalue weighted by molar-refractivity contribution is 7.99. The molecule has 4 aromatic rings. The smallest absolute Gasteiger partial charge is 0.274 e. The molecule has 0 spiro atoms. The maximum atomic E-state index is 12.6. The summed E-state index contributed by atoms with van der Waals surface area (Å²) in [4.78, 5) is 23.3. The molecule has 0 atom stereocenters. The molecule has 0 saturated carbocycles. The highest BCUT2D eigenvalue weighted by Crippen LogP contribution is 2.25. The number of thioether (sulfide) groups is 1. The Bertz CT molecular complexity index is 1360. The van der Waals surface area contributed by atoms with E-state index in [0.717, 1.165) is 17.0 Å². The number of para-hydroxylation sites is 2. The number of nitro benzene ring substituents is 1. The number of nitrogens with one attached hydrogen (secondary N) is 1. The van der Waals surface area contributed by atoms with Gasteiger partial charge in [0.25, 0.3) is 5.69 Å². The van der Waals surface area contributed by atoms with E-state index in [1.54, 1.807) is 19.1 Å². The monoisotopic (exact) mass is 489 g/mol. The SMILES string of the molecule is Cc1ccccc1OCc1nnc(SCC(=O)Nc2ccc(C)c([N+](=O)[O-])c2)n1-c1ccccc1. The summed E-state index contributed by atoms with van der Waals surface area (Å²) in [5, 5.41) is 23.0. The molecule has 0 radical (unpaired) electrons. The lowest BCUT2D eigenvalue weighted by molar-refractivity contribution is -0.385. The van der Waals surface area contributed by atoms with Gasteiger partial charge in [0.05, 0.1) is 10.7 Å². The molecule has 178 valence electrons. The molecular weight excluding hydrogens is 466 g/mol. The Hall–Kier alpha value is -4.18. The maximum absolute atomic E-state index is 12.6. The van der Waals surface area contributed by atoms with Crippen LogP contribution in [0, 0.1) is 24.0 Å². The molecule has 9 nitrogen and oxygen atoms in total. The van der Waals surface area contributed by atoms with Crippen molar-refractivity contribution >= 4 is 29.0 Å². The molecule has 0 unspecified atom stereocenters. The normalized spacial score (nSPS) is 10.7. The number of rotatable bonds is 9. The van der Waals surface area contributed by atoms with E-state index in [0.29, 0.717) is 22.2 Å². The third-order valence-corrected chi connectivity index (χ3v) is 6.12. The van der Waals surface area contributed by atoms with Crippen molar-refractivity contribution in [2.24, 2.45) is 0 Å². The Morgan fingerprint density at radius 1 is 1.03 bits per heavy atom. The molecule has 3 aromatic carbocycles. The van der Waals surface area contributed by atoms with Crippen LogP contribution in [0.1, 0.15) is 17.0 Å². The number of anilines is 1. The Morgan fingerprint density at radius 3 is 2.51 bits per heavy atom. The Labute approximate surface area is 206 Å². The standard InChI is InChI=1S/C25H23N5O4S/c1-17-12-13-19(14-21(17)30(32)33)26-24(31)16-35-25-28-27-23(29(25)20-9-4-3-5-10-20)15-34-22-11-7-6-8-18(22)2/h3-14H,15-16H2,1-2H3,(H,26,31). The highest BCUT2D eigenvalue weighted by Gasteiger charge is 2.18. The minimum absolute atomic E-state index is 0.0439. The predicted molar refractivity (Wildman–Crippen MR) is 134 cm³/mol. The number of amides is 1. The summed E-state index contributed by atoms with van der Waals surface area (Å²) in [5.41, 5.74) is 2.71. The zero-order valence-corrected chi connectivity index (χ0v) is 20.0. The molecule has 0 fully saturated rings. The van der Waals surface area contributed by atoms with Crippen molar-refractivity contribution < 1.29 is 14.5 Å². The number of aryl methyl sites for hydroxylation is 2. The van der Waals surface area contributed by atoms with Gasteiger partial charge in [0.1, 0.15) is 12.4 Å². The van der Waals surface area contributed by atoms with Gasteiger partial charge < -0.3 is 10.1 Å². The van der Waals surface area contributed by atoms with E-state index in [-0.39, 0.29) is 24.0 Å². The number of hydrogen-bond acceptors (Lipinski definition) is 7. The number of benzene rings is 3. The molecule has 1 aromatic heterocycles.